The minimum atomic E-state index is -1.26. The summed E-state index contributed by atoms with van der Waals surface area (Å²) in [5.41, 5.74) is 13.0. The number of H-pyrrole nitrogens is 1. The number of nitrogens with one attached hydrogen (secondary N) is 4. The molecule has 1 aromatic carbocycles. The third-order valence-electron chi connectivity index (χ3n) is 6.36. The van der Waals surface area contributed by atoms with Gasteiger partial charge in [-0.25, -0.2) is 4.79 Å². The van der Waals surface area contributed by atoms with Crippen molar-refractivity contribution in [2.24, 2.45) is 11.5 Å². The molecule has 0 saturated heterocycles. The van der Waals surface area contributed by atoms with E-state index >= 15 is 0 Å². The summed E-state index contributed by atoms with van der Waals surface area (Å²) in [5, 5.41) is 28.0. The van der Waals surface area contributed by atoms with Crippen molar-refractivity contribution in [2.75, 3.05) is 18.6 Å². The normalized spacial score (nSPS) is 15.1. The Kier molecular flexibility index (Phi) is 13.2. The molecule has 0 aliphatic carbocycles. The second kappa shape index (κ2) is 16.1. The summed E-state index contributed by atoms with van der Waals surface area (Å²) in [5.74, 6) is -2.64. The Labute approximate surface area is 232 Å². The molecule has 0 saturated carbocycles. The highest BCUT2D eigenvalue weighted by atomic mass is 32.2. The number of carbonyl (C=O) groups is 4. The number of benzene rings is 1. The molecule has 2 aromatic rings. The predicted molar refractivity (Wildman–Crippen MR) is 151 cm³/mol. The van der Waals surface area contributed by atoms with Crippen LogP contribution in [0.25, 0.3) is 10.9 Å². The number of thioether (sulfide) groups is 1. The number of rotatable bonds is 17. The summed E-state index contributed by atoms with van der Waals surface area (Å²) in [6.07, 6.45) is 4.08. The topological polar surface area (TPSA) is 213 Å². The molecular formula is C26H40N6O6S. The summed E-state index contributed by atoms with van der Waals surface area (Å²) >= 11 is 1.46. The van der Waals surface area contributed by atoms with Gasteiger partial charge in [0.15, 0.2) is 0 Å². The number of aliphatic hydroxyl groups excluding tert-OH is 1. The number of carbonyl (C=O) groups excluding carboxylic acids is 3. The number of amides is 3. The molecule has 1 heterocycles. The summed E-state index contributed by atoms with van der Waals surface area (Å²) in [7, 11) is 0. The van der Waals surface area contributed by atoms with E-state index in [0.717, 1.165) is 16.5 Å². The zero-order valence-corrected chi connectivity index (χ0v) is 23.1. The largest absolute Gasteiger partial charge is 0.480 e. The Morgan fingerprint density at radius 2 is 1.62 bits per heavy atom. The van der Waals surface area contributed by atoms with Crippen molar-refractivity contribution in [3.63, 3.8) is 0 Å². The van der Waals surface area contributed by atoms with E-state index in [1.807, 2.05) is 30.5 Å². The van der Waals surface area contributed by atoms with Crippen LogP contribution in [0.3, 0.4) is 0 Å². The van der Waals surface area contributed by atoms with Crippen molar-refractivity contribution >= 4 is 46.4 Å². The van der Waals surface area contributed by atoms with E-state index in [-0.39, 0.29) is 19.3 Å². The van der Waals surface area contributed by atoms with E-state index in [1.165, 1.54) is 18.7 Å². The highest BCUT2D eigenvalue weighted by molar-refractivity contribution is 7.98. The van der Waals surface area contributed by atoms with E-state index in [1.54, 1.807) is 6.20 Å². The SMILES string of the molecule is CSCCC(NC(=O)C(CCCCN)NC(=O)C(Cc1c[nH]c2ccccc12)NC(=O)C(N)C(C)O)C(=O)O. The van der Waals surface area contributed by atoms with Crippen LogP contribution < -0.4 is 27.4 Å². The number of aliphatic carboxylic acids is 1. The molecule has 10 N–H and O–H groups in total. The van der Waals surface area contributed by atoms with Crippen LogP contribution in [0, 0.1) is 0 Å². The molecule has 1 aromatic heterocycles. The Morgan fingerprint density at radius 1 is 0.974 bits per heavy atom. The monoisotopic (exact) mass is 564 g/mol. The molecule has 0 aliphatic rings. The molecule has 0 spiro atoms. The first-order chi connectivity index (χ1) is 18.6. The molecule has 12 nitrogen and oxygen atoms in total. The van der Waals surface area contributed by atoms with E-state index in [0.29, 0.717) is 25.1 Å². The lowest BCUT2D eigenvalue weighted by Gasteiger charge is -2.25. The summed E-state index contributed by atoms with van der Waals surface area (Å²) in [6.45, 7) is 1.76. The van der Waals surface area contributed by atoms with Crippen LogP contribution in [-0.4, -0.2) is 87.7 Å². The highest BCUT2D eigenvalue weighted by Crippen LogP contribution is 2.19. The smallest absolute Gasteiger partial charge is 0.326 e. The van der Waals surface area contributed by atoms with Crippen LogP contribution in [0.1, 0.15) is 38.2 Å². The van der Waals surface area contributed by atoms with Gasteiger partial charge in [0.05, 0.1) is 6.10 Å². The first kappa shape index (κ1) is 32.1. The van der Waals surface area contributed by atoms with Crippen LogP contribution in [-0.2, 0) is 25.6 Å². The lowest BCUT2D eigenvalue weighted by molar-refractivity contribution is -0.142. The van der Waals surface area contributed by atoms with Gasteiger partial charge in [-0.2, -0.15) is 11.8 Å². The summed E-state index contributed by atoms with van der Waals surface area (Å²) < 4.78 is 0. The van der Waals surface area contributed by atoms with Gasteiger partial charge in [-0.3, -0.25) is 14.4 Å². The minimum Gasteiger partial charge on any atom is -0.480 e. The predicted octanol–water partition coefficient (Wildman–Crippen LogP) is -0.160. The Balaban J connectivity index is 2.28. The number of carboxylic acid groups (broad SMARTS) is 1. The zero-order chi connectivity index (χ0) is 28.9. The standard InChI is InChI=1S/C26H40N6O6S/c1-15(33)22(28)25(36)32-21(13-16-14-29-18-8-4-3-7-17(16)18)24(35)30-19(9-5-6-11-27)23(34)31-20(26(37)38)10-12-39-2/h3-4,7-8,14-15,19-22,29,33H,5-6,9-13,27-28H2,1-2H3,(H,30,35)(H,31,34)(H,32,36)(H,37,38). The first-order valence-electron chi connectivity index (χ1n) is 12.9. The second-order valence-electron chi connectivity index (χ2n) is 9.42. The molecule has 0 fully saturated rings. The molecule has 2 rings (SSSR count). The maximum Gasteiger partial charge on any atom is 0.326 e. The van der Waals surface area contributed by atoms with Gasteiger partial charge in [0, 0.05) is 23.5 Å². The number of aromatic amines is 1. The number of hydrogen-bond donors (Lipinski definition) is 8. The molecule has 0 bridgehead atoms. The first-order valence-corrected chi connectivity index (χ1v) is 14.3. The molecular weight excluding hydrogens is 524 g/mol. The fourth-order valence-electron chi connectivity index (χ4n) is 4.02. The van der Waals surface area contributed by atoms with Crippen LogP contribution in [0.2, 0.25) is 0 Å². The molecule has 39 heavy (non-hydrogen) atoms. The Hall–Kier alpha value is -3.13. The highest BCUT2D eigenvalue weighted by Gasteiger charge is 2.31. The number of para-hydroxylation sites is 1. The van der Waals surface area contributed by atoms with Crippen LogP contribution in [0.5, 0.6) is 0 Å². The van der Waals surface area contributed by atoms with Crippen LogP contribution in [0.15, 0.2) is 30.5 Å². The number of unbranched alkanes of at least 4 members (excludes halogenated alkanes) is 1. The number of hydrogen-bond acceptors (Lipinski definition) is 8. The third kappa shape index (κ3) is 9.84. The minimum absolute atomic E-state index is 0.0801. The third-order valence-corrected chi connectivity index (χ3v) is 7.00. The maximum absolute atomic E-state index is 13.5. The zero-order valence-electron chi connectivity index (χ0n) is 22.3. The van der Waals surface area contributed by atoms with Gasteiger partial charge in [0.25, 0.3) is 0 Å². The number of aliphatic hydroxyl groups is 1. The Bertz CT molecular complexity index is 1110. The molecule has 216 valence electrons. The number of fused-ring (bicyclic) bond motifs is 1. The number of aromatic nitrogens is 1. The molecule has 5 unspecified atom stereocenters. The van der Waals surface area contributed by atoms with Crippen LogP contribution in [0.4, 0.5) is 0 Å². The van der Waals surface area contributed by atoms with Gasteiger partial charge >= 0.3 is 5.97 Å². The van der Waals surface area contributed by atoms with E-state index in [2.05, 4.69) is 20.9 Å². The molecule has 13 heteroatoms. The molecule has 3 amide bonds. The number of carboxylic acids is 1. The lowest BCUT2D eigenvalue weighted by Crippen LogP contribution is -2.58. The van der Waals surface area contributed by atoms with Crippen molar-refractivity contribution < 1.29 is 29.4 Å². The Morgan fingerprint density at radius 3 is 2.26 bits per heavy atom. The maximum atomic E-state index is 13.5. The summed E-state index contributed by atoms with van der Waals surface area (Å²) in [6, 6.07) is 2.93. The summed E-state index contributed by atoms with van der Waals surface area (Å²) in [4.78, 5) is 54.1. The van der Waals surface area contributed by atoms with Gasteiger partial charge in [-0.05, 0) is 62.8 Å². The molecule has 0 aliphatic heterocycles. The molecule has 5 atom stereocenters. The van der Waals surface area contributed by atoms with Gasteiger partial charge in [-0.15, -0.1) is 0 Å². The van der Waals surface area contributed by atoms with Crippen molar-refractivity contribution in [1.82, 2.24) is 20.9 Å². The van der Waals surface area contributed by atoms with Crippen molar-refractivity contribution in [1.29, 1.82) is 0 Å². The van der Waals surface area contributed by atoms with Gasteiger partial charge < -0.3 is 42.6 Å². The van der Waals surface area contributed by atoms with Gasteiger partial charge in [0.1, 0.15) is 24.2 Å². The lowest BCUT2D eigenvalue weighted by atomic mass is 10.0. The number of nitrogens with two attached hydrogens (primary N) is 2. The quantitative estimate of drug-likeness (QED) is 0.120. The second-order valence-corrected chi connectivity index (χ2v) is 10.4. The van der Waals surface area contributed by atoms with E-state index in [9.17, 15) is 29.4 Å². The van der Waals surface area contributed by atoms with Gasteiger partial charge in [-0.1, -0.05) is 18.2 Å². The van der Waals surface area contributed by atoms with Crippen molar-refractivity contribution in [2.45, 2.75) is 69.3 Å². The van der Waals surface area contributed by atoms with Crippen LogP contribution >= 0.6 is 11.8 Å². The average molecular weight is 565 g/mol. The van der Waals surface area contributed by atoms with E-state index < -0.39 is 54.0 Å². The fourth-order valence-corrected chi connectivity index (χ4v) is 4.49. The van der Waals surface area contributed by atoms with Crippen molar-refractivity contribution in [3.05, 3.63) is 36.0 Å². The fraction of sp³-hybridized carbons (Fsp3) is 0.538. The van der Waals surface area contributed by atoms with Gasteiger partial charge in [0.2, 0.25) is 17.7 Å². The molecule has 0 radical (unpaired) electrons. The van der Waals surface area contributed by atoms with E-state index in [4.69, 9.17) is 11.5 Å². The average Bonchev–Trinajstić information content (AvgIpc) is 3.31. The van der Waals surface area contributed by atoms with Crippen molar-refractivity contribution in [3.8, 4) is 0 Å².